The average Bonchev–Trinajstić information content (AvgIpc) is 2.93. The van der Waals surface area contributed by atoms with Crippen LogP contribution in [0.15, 0.2) is 52.2 Å². The van der Waals surface area contributed by atoms with Crippen molar-refractivity contribution in [1.82, 2.24) is 14.7 Å². The number of amides is 1. The first-order valence-electron chi connectivity index (χ1n) is 7.90. The van der Waals surface area contributed by atoms with E-state index in [1.807, 2.05) is 0 Å². The molecule has 0 saturated heterocycles. The Morgan fingerprint density at radius 2 is 1.77 bits per heavy atom. The monoisotopic (exact) mass is 374 g/mol. The number of nitrogens with one attached hydrogen (secondary N) is 4. The second kappa shape index (κ2) is 6.77. The van der Waals surface area contributed by atoms with Crippen LogP contribution in [0.25, 0.3) is 11.0 Å². The van der Waals surface area contributed by atoms with Crippen molar-refractivity contribution in [2.24, 2.45) is 0 Å². The van der Waals surface area contributed by atoms with Gasteiger partial charge in [0.05, 0.1) is 15.9 Å². The number of rotatable bonds is 5. The minimum Gasteiger partial charge on any atom is -0.322 e. The largest absolute Gasteiger partial charge is 0.323 e. The third kappa shape index (κ3) is 3.84. The van der Waals surface area contributed by atoms with Gasteiger partial charge in [-0.1, -0.05) is 6.07 Å². The minimum atomic E-state index is -3.69. The Kier molecular flexibility index (Phi) is 4.66. The van der Waals surface area contributed by atoms with E-state index in [2.05, 4.69) is 20.0 Å². The Morgan fingerprint density at radius 1 is 1.04 bits per heavy atom. The van der Waals surface area contributed by atoms with Gasteiger partial charge in [0.1, 0.15) is 0 Å². The van der Waals surface area contributed by atoms with Gasteiger partial charge in [0.25, 0.3) is 5.91 Å². The molecule has 2 aromatic carbocycles. The van der Waals surface area contributed by atoms with Gasteiger partial charge in [0.15, 0.2) is 0 Å². The smallest absolute Gasteiger partial charge is 0.322 e. The highest BCUT2D eigenvalue weighted by Crippen LogP contribution is 2.17. The van der Waals surface area contributed by atoms with Crippen LogP contribution in [-0.2, 0) is 10.0 Å². The predicted molar refractivity (Wildman–Crippen MR) is 98.8 cm³/mol. The van der Waals surface area contributed by atoms with E-state index in [9.17, 15) is 18.0 Å². The highest BCUT2D eigenvalue weighted by molar-refractivity contribution is 7.89. The van der Waals surface area contributed by atoms with Gasteiger partial charge in [0, 0.05) is 17.3 Å². The lowest BCUT2D eigenvalue weighted by Crippen LogP contribution is -2.30. The van der Waals surface area contributed by atoms with Crippen molar-refractivity contribution in [1.29, 1.82) is 0 Å². The number of benzene rings is 2. The molecule has 0 aliphatic heterocycles. The summed E-state index contributed by atoms with van der Waals surface area (Å²) < 4.78 is 27.0. The Bertz CT molecular complexity index is 1130. The lowest BCUT2D eigenvalue weighted by Gasteiger charge is -2.11. The maximum Gasteiger partial charge on any atom is 0.323 e. The maximum atomic E-state index is 12.5. The van der Waals surface area contributed by atoms with Crippen LogP contribution < -0.4 is 15.7 Å². The van der Waals surface area contributed by atoms with Crippen molar-refractivity contribution < 1.29 is 13.2 Å². The summed E-state index contributed by atoms with van der Waals surface area (Å²) in [5.74, 6) is -0.455. The number of hydrogen-bond donors (Lipinski definition) is 4. The molecule has 0 saturated carbocycles. The molecule has 0 aliphatic carbocycles. The average molecular weight is 374 g/mol. The molecule has 9 heteroatoms. The van der Waals surface area contributed by atoms with Crippen LogP contribution in [-0.4, -0.2) is 30.3 Å². The molecule has 3 aromatic rings. The summed E-state index contributed by atoms with van der Waals surface area (Å²) in [6.45, 7) is 3.44. The zero-order chi connectivity index (χ0) is 18.9. The summed E-state index contributed by atoms with van der Waals surface area (Å²) in [7, 11) is -3.69. The molecule has 0 radical (unpaired) electrons. The first kappa shape index (κ1) is 17.9. The zero-order valence-electron chi connectivity index (χ0n) is 14.2. The quantitative estimate of drug-likeness (QED) is 0.543. The van der Waals surface area contributed by atoms with Gasteiger partial charge in [0.2, 0.25) is 10.0 Å². The predicted octanol–water partition coefficient (Wildman–Crippen LogP) is 1.80. The van der Waals surface area contributed by atoms with E-state index in [0.717, 1.165) is 0 Å². The highest BCUT2D eigenvalue weighted by Gasteiger charge is 2.17. The first-order chi connectivity index (χ1) is 12.2. The van der Waals surface area contributed by atoms with Gasteiger partial charge in [-0.25, -0.2) is 17.9 Å². The first-order valence-corrected chi connectivity index (χ1v) is 9.39. The Hall–Kier alpha value is -2.91. The summed E-state index contributed by atoms with van der Waals surface area (Å²) in [6.07, 6.45) is 0. The van der Waals surface area contributed by atoms with E-state index in [-0.39, 0.29) is 22.2 Å². The van der Waals surface area contributed by atoms with E-state index in [4.69, 9.17) is 0 Å². The van der Waals surface area contributed by atoms with Crippen molar-refractivity contribution >= 4 is 32.7 Å². The summed E-state index contributed by atoms with van der Waals surface area (Å²) in [4.78, 5) is 29.0. The zero-order valence-corrected chi connectivity index (χ0v) is 15.0. The van der Waals surface area contributed by atoms with Crippen LogP contribution in [0.1, 0.15) is 24.2 Å². The number of carbonyl (C=O) groups is 1. The molecule has 1 aromatic heterocycles. The lowest BCUT2D eigenvalue weighted by molar-refractivity contribution is 0.102. The summed E-state index contributed by atoms with van der Waals surface area (Å²) in [5.41, 5.74) is 1.54. The van der Waals surface area contributed by atoms with Crippen LogP contribution in [0.4, 0.5) is 5.69 Å². The number of hydrogen-bond acceptors (Lipinski definition) is 4. The van der Waals surface area contributed by atoms with Crippen LogP contribution >= 0.6 is 0 Å². The molecular weight excluding hydrogens is 356 g/mol. The normalized spacial score (nSPS) is 11.8. The fourth-order valence-electron chi connectivity index (χ4n) is 2.50. The molecular formula is C17H18N4O4S. The van der Waals surface area contributed by atoms with E-state index < -0.39 is 15.9 Å². The number of fused-ring (bicyclic) bond motifs is 1. The number of imidazole rings is 1. The summed E-state index contributed by atoms with van der Waals surface area (Å²) in [5, 5.41) is 2.69. The van der Waals surface area contributed by atoms with Crippen molar-refractivity contribution in [3.8, 4) is 0 Å². The Labute approximate surface area is 149 Å². The number of sulfonamides is 1. The van der Waals surface area contributed by atoms with E-state index in [1.165, 1.54) is 24.3 Å². The van der Waals surface area contributed by atoms with Gasteiger partial charge >= 0.3 is 5.69 Å². The van der Waals surface area contributed by atoms with Gasteiger partial charge in [-0.3, -0.25) is 4.79 Å². The molecule has 3 rings (SSSR count). The second-order valence-corrected chi connectivity index (χ2v) is 7.81. The molecule has 1 amide bonds. The Balaban J connectivity index is 1.85. The van der Waals surface area contributed by atoms with Crippen LogP contribution in [0.2, 0.25) is 0 Å². The number of H-pyrrole nitrogens is 2. The van der Waals surface area contributed by atoms with E-state index >= 15 is 0 Å². The van der Waals surface area contributed by atoms with Crippen molar-refractivity contribution in [3.63, 3.8) is 0 Å². The van der Waals surface area contributed by atoms with Gasteiger partial charge in [-0.15, -0.1) is 0 Å². The standard InChI is InChI=1S/C17H18N4O4S/c1-10(2)21-26(24,25)13-5-3-4-11(8-13)16(22)18-12-6-7-14-15(9-12)20-17(23)19-14/h3-10,21H,1-2H3,(H,18,22)(H2,19,20,23). The molecule has 4 N–H and O–H groups in total. The van der Waals surface area contributed by atoms with E-state index in [1.54, 1.807) is 32.0 Å². The van der Waals surface area contributed by atoms with Crippen LogP contribution in [0.3, 0.4) is 0 Å². The van der Waals surface area contributed by atoms with Crippen molar-refractivity contribution in [2.75, 3.05) is 5.32 Å². The van der Waals surface area contributed by atoms with Crippen LogP contribution in [0.5, 0.6) is 0 Å². The van der Waals surface area contributed by atoms with E-state index in [0.29, 0.717) is 16.7 Å². The fourth-order valence-corrected chi connectivity index (χ4v) is 3.79. The number of aromatic nitrogens is 2. The van der Waals surface area contributed by atoms with Crippen molar-refractivity contribution in [3.05, 3.63) is 58.5 Å². The number of aromatic amines is 2. The van der Waals surface area contributed by atoms with Crippen LogP contribution in [0, 0.1) is 0 Å². The third-order valence-corrected chi connectivity index (χ3v) is 5.23. The number of carbonyl (C=O) groups excluding carboxylic acids is 1. The molecule has 8 nitrogen and oxygen atoms in total. The Morgan fingerprint density at radius 3 is 2.50 bits per heavy atom. The van der Waals surface area contributed by atoms with Gasteiger partial charge < -0.3 is 15.3 Å². The second-order valence-electron chi connectivity index (χ2n) is 6.10. The lowest BCUT2D eigenvalue weighted by atomic mass is 10.2. The minimum absolute atomic E-state index is 0.0178. The molecule has 0 fully saturated rings. The SMILES string of the molecule is CC(C)NS(=O)(=O)c1cccc(C(=O)Nc2ccc3[nH]c(=O)[nH]c3c2)c1. The third-order valence-electron chi connectivity index (χ3n) is 3.57. The summed E-state index contributed by atoms with van der Waals surface area (Å²) in [6, 6.07) is 10.5. The molecule has 1 heterocycles. The fraction of sp³-hybridized carbons (Fsp3) is 0.176. The molecule has 0 bridgehead atoms. The molecule has 0 unspecified atom stereocenters. The number of anilines is 1. The molecule has 0 atom stereocenters. The van der Waals surface area contributed by atoms with Gasteiger partial charge in [-0.05, 0) is 50.2 Å². The molecule has 136 valence electrons. The van der Waals surface area contributed by atoms with Crippen molar-refractivity contribution in [2.45, 2.75) is 24.8 Å². The maximum absolute atomic E-state index is 12.5. The molecule has 0 spiro atoms. The molecule has 26 heavy (non-hydrogen) atoms. The highest BCUT2D eigenvalue weighted by atomic mass is 32.2. The molecule has 0 aliphatic rings. The summed E-state index contributed by atoms with van der Waals surface area (Å²) >= 11 is 0. The topological polar surface area (TPSA) is 124 Å². The van der Waals surface area contributed by atoms with Gasteiger partial charge in [-0.2, -0.15) is 0 Å².